The van der Waals surface area contributed by atoms with Crippen molar-refractivity contribution in [3.05, 3.63) is 35.9 Å². The van der Waals surface area contributed by atoms with Crippen molar-refractivity contribution >= 4 is 24.4 Å². The molecule has 9 heteroatoms. The standard InChI is InChI=1S/C18H23N3O5.ClH/c1-18(2,3)25-17(23)20-10-11-24-16-13(15(22)19-4)14(26-21-16)12-8-6-5-7-9-12;/h5-9H,10-11H2,1-4H3,(H,19,22)(H,20,23);1H. The molecule has 2 amide bonds. The van der Waals surface area contributed by atoms with Gasteiger partial charge in [-0.3, -0.25) is 4.79 Å². The molecule has 0 aliphatic rings. The van der Waals surface area contributed by atoms with Crippen molar-refractivity contribution in [1.29, 1.82) is 0 Å². The van der Waals surface area contributed by atoms with Gasteiger partial charge in [0, 0.05) is 12.6 Å². The lowest BCUT2D eigenvalue weighted by atomic mass is 10.1. The van der Waals surface area contributed by atoms with Gasteiger partial charge < -0.3 is 24.6 Å². The molecular formula is C18H24ClN3O5. The molecule has 148 valence electrons. The Morgan fingerprint density at radius 3 is 2.44 bits per heavy atom. The first-order valence-electron chi connectivity index (χ1n) is 8.18. The first-order valence-corrected chi connectivity index (χ1v) is 8.18. The predicted octanol–water partition coefficient (Wildman–Crippen LogP) is 3.03. The lowest BCUT2D eigenvalue weighted by Crippen LogP contribution is -2.34. The van der Waals surface area contributed by atoms with Gasteiger partial charge in [0.15, 0.2) is 11.3 Å². The van der Waals surface area contributed by atoms with Gasteiger partial charge in [0.1, 0.15) is 12.2 Å². The first kappa shape index (κ1) is 22.3. The van der Waals surface area contributed by atoms with Crippen LogP contribution >= 0.6 is 12.4 Å². The number of benzene rings is 1. The quantitative estimate of drug-likeness (QED) is 0.726. The summed E-state index contributed by atoms with van der Waals surface area (Å²) in [7, 11) is 1.51. The fourth-order valence-corrected chi connectivity index (χ4v) is 2.10. The number of carbonyl (C=O) groups is 2. The van der Waals surface area contributed by atoms with Gasteiger partial charge in [0.2, 0.25) is 0 Å². The zero-order chi connectivity index (χ0) is 19.2. The van der Waals surface area contributed by atoms with E-state index in [1.807, 2.05) is 18.2 Å². The van der Waals surface area contributed by atoms with Crippen molar-refractivity contribution in [3.63, 3.8) is 0 Å². The van der Waals surface area contributed by atoms with E-state index in [4.69, 9.17) is 14.0 Å². The summed E-state index contributed by atoms with van der Waals surface area (Å²) in [6.07, 6.45) is -0.544. The highest BCUT2D eigenvalue weighted by molar-refractivity contribution is 6.01. The summed E-state index contributed by atoms with van der Waals surface area (Å²) in [5, 5.41) is 8.94. The molecule has 0 unspecified atom stereocenters. The van der Waals surface area contributed by atoms with Gasteiger partial charge in [-0.1, -0.05) is 30.3 Å². The van der Waals surface area contributed by atoms with E-state index in [1.165, 1.54) is 7.05 Å². The van der Waals surface area contributed by atoms with Crippen LogP contribution < -0.4 is 15.4 Å². The van der Waals surface area contributed by atoms with E-state index in [9.17, 15) is 9.59 Å². The summed E-state index contributed by atoms with van der Waals surface area (Å²) in [6, 6.07) is 9.13. The van der Waals surface area contributed by atoms with Crippen LogP contribution in [0.25, 0.3) is 11.3 Å². The molecule has 2 rings (SSSR count). The smallest absolute Gasteiger partial charge is 0.407 e. The van der Waals surface area contributed by atoms with Gasteiger partial charge in [0.25, 0.3) is 11.8 Å². The third-order valence-electron chi connectivity index (χ3n) is 3.16. The van der Waals surface area contributed by atoms with Crippen LogP contribution in [0.3, 0.4) is 0 Å². The molecule has 0 radical (unpaired) electrons. The number of ether oxygens (including phenoxy) is 2. The maximum Gasteiger partial charge on any atom is 0.407 e. The summed E-state index contributed by atoms with van der Waals surface area (Å²) in [5.41, 5.74) is 0.338. The van der Waals surface area contributed by atoms with E-state index in [1.54, 1.807) is 32.9 Å². The number of aromatic nitrogens is 1. The monoisotopic (exact) mass is 397 g/mol. The summed E-state index contributed by atoms with van der Waals surface area (Å²) in [5.74, 6) is 0.00875. The normalized spacial score (nSPS) is 10.5. The van der Waals surface area contributed by atoms with Crippen molar-refractivity contribution in [1.82, 2.24) is 15.8 Å². The van der Waals surface area contributed by atoms with Gasteiger partial charge in [-0.15, -0.1) is 12.4 Å². The fraction of sp³-hybridized carbons (Fsp3) is 0.389. The number of nitrogens with one attached hydrogen (secondary N) is 2. The zero-order valence-corrected chi connectivity index (χ0v) is 16.5. The summed E-state index contributed by atoms with van der Waals surface area (Å²) in [6.45, 7) is 5.62. The number of hydrogen-bond donors (Lipinski definition) is 2. The molecule has 0 atom stereocenters. The molecule has 27 heavy (non-hydrogen) atoms. The lowest BCUT2D eigenvalue weighted by molar-refractivity contribution is 0.0519. The van der Waals surface area contributed by atoms with Crippen LogP contribution in [0.5, 0.6) is 5.88 Å². The van der Waals surface area contributed by atoms with E-state index in [0.717, 1.165) is 0 Å². The van der Waals surface area contributed by atoms with Crippen LogP contribution in [0.1, 0.15) is 31.1 Å². The topological polar surface area (TPSA) is 103 Å². The molecule has 1 aromatic heterocycles. The zero-order valence-electron chi connectivity index (χ0n) is 15.7. The van der Waals surface area contributed by atoms with Gasteiger partial charge in [-0.2, -0.15) is 0 Å². The fourth-order valence-electron chi connectivity index (χ4n) is 2.10. The molecule has 2 N–H and O–H groups in total. The van der Waals surface area contributed by atoms with Crippen molar-refractivity contribution in [2.45, 2.75) is 26.4 Å². The summed E-state index contributed by atoms with van der Waals surface area (Å²) >= 11 is 0. The van der Waals surface area contributed by atoms with Crippen LogP contribution in [0.2, 0.25) is 0 Å². The molecule has 0 spiro atoms. The Balaban J connectivity index is 0.00000364. The molecule has 0 saturated heterocycles. The number of carbonyl (C=O) groups excluding carboxylic acids is 2. The van der Waals surface area contributed by atoms with E-state index < -0.39 is 11.7 Å². The Hall–Kier alpha value is -2.74. The molecule has 8 nitrogen and oxygen atoms in total. The van der Waals surface area contributed by atoms with Crippen LogP contribution in [0.4, 0.5) is 4.79 Å². The van der Waals surface area contributed by atoms with E-state index in [2.05, 4.69) is 15.8 Å². The Morgan fingerprint density at radius 1 is 1.19 bits per heavy atom. The van der Waals surface area contributed by atoms with Crippen molar-refractivity contribution < 1.29 is 23.6 Å². The molecule has 1 heterocycles. The van der Waals surface area contributed by atoms with Crippen molar-refractivity contribution in [3.8, 4) is 17.2 Å². The second kappa shape index (κ2) is 9.82. The Kier molecular flexibility index (Phi) is 8.11. The minimum absolute atomic E-state index is 0. The lowest BCUT2D eigenvalue weighted by Gasteiger charge is -2.19. The molecule has 2 aromatic rings. The number of halogens is 1. The molecule has 0 aliphatic carbocycles. The third-order valence-corrected chi connectivity index (χ3v) is 3.16. The van der Waals surface area contributed by atoms with Crippen LogP contribution in [-0.2, 0) is 4.74 Å². The molecular weight excluding hydrogens is 374 g/mol. The average molecular weight is 398 g/mol. The Labute approximate surface area is 164 Å². The van der Waals surface area contributed by atoms with Crippen molar-refractivity contribution in [2.24, 2.45) is 0 Å². The van der Waals surface area contributed by atoms with E-state index in [0.29, 0.717) is 11.3 Å². The molecule has 0 aliphatic heterocycles. The summed E-state index contributed by atoms with van der Waals surface area (Å²) < 4.78 is 15.9. The van der Waals surface area contributed by atoms with Gasteiger partial charge in [-0.25, -0.2) is 4.79 Å². The number of rotatable bonds is 6. The SMILES string of the molecule is CNC(=O)c1c(OCCNC(=O)OC(C)(C)C)noc1-c1ccccc1.Cl. The average Bonchev–Trinajstić information content (AvgIpc) is 3.01. The van der Waals surface area contributed by atoms with Gasteiger partial charge in [-0.05, 0) is 25.9 Å². The van der Waals surface area contributed by atoms with Crippen LogP contribution in [0, 0.1) is 0 Å². The maximum atomic E-state index is 12.2. The van der Waals surface area contributed by atoms with Crippen molar-refractivity contribution in [2.75, 3.05) is 20.2 Å². The minimum atomic E-state index is -0.575. The largest absolute Gasteiger partial charge is 0.473 e. The van der Waals surface area contributed by atoms with Gasteiger partial charge >= 0.3 is 6.09 Å². The number of amides is 2. The van der Waals surface area contributed by atoms with E-state index in [-0.39, 0.29) is 42.9 Å². The third kappa shape index (κ3) is 6.49. The molecule has 1 aromatic carbocycles. The highest BCUT2D eigenvalue weighted by atomic mass is 35.5. The second-order valence-corrected chi connectivity index (χ2v) is 6.41. The highest BCUT2D eigenvalue weighted by Crippen LogP contribution is 2.30. The summed E-state index contributed by atoms with van der Waals surface area (Å²) in [4.78, 5) is 23.8. The second-order valence-electron chi connectivity index (χ2n) is 6.41. The minimum Gasteiger partial charge on any atom is -0.473 e. The highest BCUT2D eigenvalue weighted by Gasteiger charge is 2.24. The predicted molar refractivity (Wildman–Crippen MR) is 102 cm³/mol. The molecule has 0 saturated carbocycles. The molecule has 0 fully saturated rings. The van der Waals surface area contributed by atoms with Crippen LogP contribution in [0.15, 0.2) is 34.9 Å². The number of nitrogens with zero attached hydrogens (tertiary/aromatic N) is 1. The maximum absolute atomic E-state index is 12.2. The number of hydrogen-bond acceptors (Lipinski definition) is 6. The number of alkyl carbamates (subject to hydrolysis) is 1. The Morgan fingerprint density at radius 2 is 1.85 bits per heavy atom. The van der Waals surface area contributed by atoms with E-state index >= 15 is 0 Å². The Bertz CT molecular complexity index is 756. The molecule has 0 bridgehead atoms. The first-order chi connectivity index (χ1) is 12.3. The van der Waals surface area contributed by atoms with Crippen LogP contribution in [-0.4, -0.2) is 43.0 Å². The van der Waals surface area contributed by atoms with Gasteiger partial charge in [0.05, 0.1) is 6.54 Å².